The number of hydrogen-bond acceptors (Lipinski definition) is 1. The van der Waals surface area contributed by atoms with Gasteiger partial charge in [-0.15, -0.1) is 0 Å². The van der Waals surface area contributed by atoms with Gasteiger partial charge in [-0.25, -0.2) is 0 Å². The third kappa shape index (κ3) is 4.64. The molecule has 1 nitrogen and oxygen atoms in total. The Morgan fingerprint density at radius 2 is 0.894 bits per heavy atom. The van der Waals surface area contributed by atoms with E-state index in [1.165, 1.54) is 65.3 Å². The van der Waals surface area contributed by atoms with E-state index >= 15 is 0 Å². The van der Waals surface area contributed by atoms with Gasteiger partial charge in [0.25, 0.3) is 0 Å². The third-order valence-electron chi connectivity index (χ3n) is 9.40. The van der Waals surface area contributed by atoms with Crippen molar-refractivity contribution < 1.29 is 0 Å². The van der Waals surface area contributed by atoms with Crippen LogP contribution in [-0.4, -0.2) is 0 Å². The summed E-state index contributed by atoms with van der Waals surface area (Å²) < 4.78 is 0. The number of para-hydroxylation sites is 1. The van der Waals surface area contributed by atoms with E-state index in [4.69, 9.17) is 0 Å². The highest BCUT2D eigenvalue weighted by Gasteiger charge is 2.23. The van der Waals surface area contributed by atoms with Gasteiger partial charge in [0.05, 0.1) is 11.4 Å². The first-order valence-electron chi connectivity index (χ1n) is 16.2. The van der Waals surface area contributed by atoms with E-state index in [0.29, 0.717) is 0 Å². The summed E-state index contributed by atoms with van der Waals surface area (Å²) in [4.78, 5) is 2.45. The first kappa shape index (κ1) is 27.2. The van der Waals surface area contributed by atoms with E-state index in [0.717, 1.165) is 17.1 Å². The number of nitrogens with zero attached hydrogens (tertiary/aromatic N) is 1. The fourth-order valence-corrected chi connectivity index (χ4v) is 7.26. The molecule has 0 spiro atoms. The minimum Gasteiger partial charge on any atom is -0.309 e. The first-order chi connectivity index (χ1) is 23.3. The molecule has 0 atom stereocenters. The van der Waals surface area contributed by atoms with Crippen LogP contribution in [-0.2, 0) is 0 Å². The molecule has 0 saturated carbocycles. The topological polar surface area (TPSA) is 3.24 Å². The lowest BCUT2D eigenvalue weighted by molar-refractivity contribution is 1.30. The molecule has 47 heavy (non-hydrogen) atoms. The molecule has 0 fully saturated rings. The highest BCUT2D eigenvalue weighted by atomic mass is 15.1. The number of fused-ring (bicyclic) bond motifs is 5. The summed E-state index contributed by atoms with van der Waals surface area (Å²) in [6.45, 7) is 0. The molecule has 0 bridgehead atoms. The molecule has 0 N–H and O–H groups in total. The first-order valence-corrected chi connectivity index (χ1v) is 16.2. The molecule has 9 aromatic carbocycles. The van der Waals surface area contributed by atoms with Crippen LogP contribution in [0.5, 0.6) is 0 Å². The number of hydrogen-bond donors (Lipinski definition) is 0. The molecule has 0 radical (unpaired) electrons. The van der Waals surface area contributed by atoms with E-state index in [1.807, 2.05) is 0 Å². The summed E-state index contributed by atoms with van der Waals surface area (Å²) >= 11 is 0. The molecule has 0 saturated heterocycles. The van der Waals surface area contributed by atoms with Crippen LogP contribution in [0.15, 0.2) is 188 Å². The average Bonchev–Trinajstić information content (AvgIpc) is 3.15. The lowest BCUT2D eigenvalue weighted by atomic mass is 9.87. The standard InChI is InChI=1S/C46H31N/c1-2-19-37(20-3-1)47(44-26-12-18-33-15-6-9-22-39(33)44)45-27-13-25-40(36-29-28-32-14-4-5-16-34(32)30-36)46(45)43-31-35-17-7-8-21-38(35)41-23-10-11-24-42(41)43/h1-31H. The molecule has 0 unspecified atom stereocenters. The van der Waals surface area contributed by atoms with E-state index in [-0.39, 0.29) is 0 Å². The van der Waals surface area contributed by atoms with Crippen LogP contribution in [0.4, 0.5) is 17.1 Å². The van der Waals surface area contributed by atoms with E-state index in [9.17, 15) is 0 Å². The number of anilines is 3. The maximum Gasteiger partial charge on any atom is 0.0546 e. The summed E-state index contributed by atoms with van der Waals surface area (Å²) in [6.07, 6.45) is 0. The Morgan fingerprint density at radius 1 is 0.298 bits per heavy atom. The minimum absolute atomic E-state index is 1.12. The van der Waals surface area contributed by atoms with Crippen molar-refractivity contribution >= 4 is 60.2 Å². The van der Waals surface area contributed by atoms with Crippen molar-refractivity contribution in [1.29, 1.82) is 0 Å². The quantitative estimate of drug-likeness (QED) is 0.178. The van der Waals surface area contributed by atoms with Gasteiger partial charge in [-0.3, -0.25) is 0 Å². The normalized spacial score (nSPS) is 11.4. The third-order valence-corrected chi connectivity index (χ3v) is 9.40. The molecule has 0 aliphatic carbocycles. The predicted molar refractivity (Wildman–Crippen MR) is 202 cm³/mol. The summed E-state index contributed by atoms with van der Waals surface area (Å²) in [6, 6.07) is 68.4. The lowest BCUT2D eigenvalue weighted by Crippen LogP contribution is -2.12. The van der Waals surface area contributed by atoms with E-state index in [2.05, 4.69) is 193 Å². The molecular formula is C46H31N. The Morgan fingerprint density at radius 3 is 1.72 bits per heavy atom. The summed E-state index contributed by atoms with van der Waals surface area (Å²) in [5.74, 6) is 0. The zero-order chi connectivity index (χ0) is 31.2. The second-order valence-corrected chi connectivity index (χ2v) is 12.1. The SMILES string of the molecule is c1ccc(N(c2cccc(-c3ccc4ccccc4c3)c2-c2cc3ccccc3c3ccccc23)c2cccc3ccccc23)cc1. The fraction of sp³-hybridized carbons (Fsp3) is 0. The lowest BCUT2D eigenvalue weighted by Gasteiger charge is -2.30. The van der Waals surface area contributed by atoms with Gasteiger partial charge in [0.1, 0.15) is 0 Å². The van der Waals surface area contributed by atoms with Crippen molar-refractivity contribution in [2.24, 2.45) is 0 Å². The highest BCUT2D eigenvalue weighted by Crippen LogP contribution is 2.49. The van der Waals surface area contributed by atoms with Crippen LogP contribution in [0.25, 0.3) is 65.3 Å². The van der Waals surface area contributed by atoms with Crippen molar-refractivity contribution in [1.82, 2.24) is 0 Å². The Bertz CT molecular complexity index is 2580. The van der Waals surface area contributed by atoms with Gasteiger partial charge in [-0.1, -0.05) is 152 Å². The number of rotatable bonds is 5. The van der Waals surface area contributed by atoms with Crippen LogP contribution < -0.4 is 4.90 Å². The summed E-state index contributed by atoms with van der Waals surface area (Å²) in [5, 5.41) is 9.91. The molecule has 0 aliphatic heterocycles. The van der Waals surface area contributed by atoms with Gasteiger partial charge in [-0.05, 0) is 90.8 Å². The highest BCUT2D eigenvalue weighted by molar-refractivity contribution is 6.17. The van der Waals surface area contributed by atoms with Gasteiger partial charge in [-0.2, -0.15) is 0 Å². The van der Waals surface area contributed by atoms with Gasteiger partial charge in [0.15, 0.2) is 0 Å². The zero-order valence-corrected chi connectivity index (χ0v) is 25.8. The average molecular weight is 598 g/mol. The van der Waals surface area contributed by atoms with Crippen molar-refractivity contribution in [3.63, 3.8) is 0 Å². The monoisotopic (exact) mass is 597 g/mol. The summed E-state index contributed by atoms with van der Waals surface area (Å²) in [7, 11) is 0. The molecule has 0 amide bonds. The molecular weight excluding hydrogens is 567 g/mol. The van der Waals surface area contributed by atoms with Gasteiger partial charge >= 0.3 is 0 Å². The molecule has 0 heterocycles. The van der Waals surface area contributed by atoms with Gasteiger partial charge in [0, 0.05) is 16.6 Å². The van der Waals surface area contributed by atoms with Crippen LogP contribution in [0.3, 0.4) is 0 Å². The van der Waals surface area contributed by atoms with Crippen molar-refractivity contribution in [3.05, 3.63) is 188 Å². The van der Waals surface area contributed by atoms with Gasteiger partial charge in [0.2, 0.25) is 0 Å². The molecule has 0 aromatic heterocycles. The van der Waals surface area contributed by atoms with Crippen LogP contribution in [0.2, 0.25) is 0 Å². The maximum atomic E-state index is 2.45. The fourth-order valence-electron chi connectivity index (χ4n) is 7.26. The Labute approximate surface area is 274 Å². The molecule has 9 rings (SSSR count). The van der Waals surface area contributed by atoms with Crippen molar-refractivity contribution in [3.8, 4) is 22.3 Å². The Kier molecular flexibility index (Phi) is 6.54. The second-order valence-electron chi connectivity index (χ2n) is 12.1. The number of benzene rings is 9. The Hall–Kier alpha value is -6.18. The van der Waals surface area contributed by atoms with Crippen LogP contribution >= 0.6 is 0 Å². The smallest absolute Gasteiger partial charge is 0.0546 e. The summed E-state index contributed by atoms with van der Waals surface area (Å²) in [5.41, 5.74) is 8.24. The van der Waals surface area contributed by atoms with Gasteiger partial charge < -0.3 is 4.90 Å². The largest absolute Gasteiger partial charge is 0.309 e. The van der Waals surface area contributed by atoms with Crippen molar-refractivity contribution in [2.75, 3.05) is 4.90 Å². The Balaban J connectivity index is 1.43. The van der Waals surface area contributed by atoms with Crippen molar-refractivity contribution in [2.45, 2.75) is 0 Å². The molecule has 1 heteroatoms. The van der Waals surface area contributed by atoms with Crippen LogP contribution in [0.1, 0.15) is 0 Å². The zero-order valence-electron chi connectivity index (χ0n) is 25.8. The minimum atomic E-state index is 1.12. The molecule has 9 aromatic rings. The van der Waals surface area contributed by atoms with E-state index < -0.39 is 0 Å². The maximum absolute atomic E-state index is 2.45. The van der Waals surface area contributed by atoms with Crippen LogP contribution in [0, 0.1) is 0 Å². The molecule has 0 aliphatic rings. The second kappa shape index (κ2) is 11.3. The predicted octanol–water partition coefficient (Wildman–Crippen LogP) is 13.1. The van der Waals surface area contributed by atoms with E-state index in [1.54, 1.807) is 0 Å². The molecule has 220 valence electrons.